The van der Waals surface area contributed by atoms with Gasteiger partial charge < -0.3 is 0 Å². The molecule has 1 aromatic heterocycles. The summed E-state index contributed by atoms with van der Waals surface area (Å²) in [6, 6.07) is 7.88. The first kappa shape index (κ1) is 16.1. The van der Waals surface area contributed by atoms with Crippen LogP contribution in [0.4, 0.5) is 9.02 Å². The lowest BCUT2D eigenvalue weighted by atomic mass is 10.1. The Morgan fingerprint density at radius 1 is 1.35 bits per heavy atom. The number of thiazole rings is 1. The van der Waals surface area contributed by atoms with Crippen LogP contribution in [0.2, 0.25) is 0 Å². The molecule has 0 bridgehead atoms. The first-order valence-electron chi connectivity index (χ1n) is 7.07. The van der Waals surface area contributed by atoms with Crippen LogP contribution in [0.3, 0.4) is 0 Å². The van der Waals surface area contributed by atoms with Gasteiger partial charge in [0.25, 0.3) is 0 Å². The normalized spacial score (nSPS) is 18.6. The van der Waals surface area contributed by atoms with Gasteiger partial charge in [-0.15, -0.1) is 15.2 Å². The lowest BCUT2D eigenvalue weighted by molar-refractivity contribution is -0.117. The maximum atomic E-state index is 12.8. The first-order chi connectivity index (χ1) is 10.8. The molecule has 1 unspecified atom stereocenters. The molecule has 23 heavy (non-hydrogen) atoms. The van der Waals surface area contributed by atoms with Crippen LogP contribution in [0.1, 0.15) is 12.0 Å². The zero-order valence-corrected chi connectivity index (χ0v) is 14.0. The van der Waals surface area contributed by atoms with E-state index in [1.165, 1.54) is 16.2 Å². The summed E-state index contributed by atoms with van der Waals surface area (Å²) in [5, 5.41) is 2.37. The van der Waals surface area contributed by atoms with Gasteiger partial charge in [0.05, 0.1) is 11.4 Å². The Bertz CT molecular complexity index is 831. The third kappa shape index (κ3) is 3.76. The van der Waals surface area contributed by atoms with Crippen molar-refractivity contribution < 1.29 is 17.1 Å². The number of hydrogen-bond donors (Lipinski definition) is 0. The van der Waals surface area contributed by atoms with Gasteiger partial charge >= 0.3 is 10.2 Å². The van der Waals surface area contributed by atoms with Crippen molar-refractivity contribution in [1.82, 2.24) is 4.98 Å². The van der Waals surface area contributed by atoms with Gasteiger partial charge in [0.2, 0.25) is 5.91 Å². The third-order valence-corrected chi connectivity index (χ3v) is 5.44. The number of amides is 1. The Labute approximate surface area is 138 Å². The van der Waals surface area contributed by atoms with E-state index in [2.05, 4.69) is 4.98 Å². The van der Waals surface area contributed by atoms with E-state index in [4.69, 9.17) is 0 Å². The highest BCUT2D eigenvalue weighted by atomic mass is 32.3. The number of anilines is 1. The van der Waals surface area contributed by atoms with Gasteiger partial charge in [-0.05, 0) is 6.92 Å². The van der Waals surface area contributed by atoms with Crippen molar-refractivity contribution in [3.8, 4) is 11.3 Å². The summed E-state index contributed by atoms with van der Waals surface area (Å²) in [6.45, 7) is 2.18. The summed E-state index contributed by atoms with van der Waals surface area (Å²) in [4.78, 5) is 17.9. The van der Waals surface area contributed by atoms with Crippen LogP contribution in [0.15, 0.2) is 29.6 Å². The van der Waals surface area contributed by atoms with Crippen molar-refractivity contribution in [3.63, 3.8) is 0 Å². The average Bonchev–Trinajstić information content (AvgIpc) is 3.04. The Morgan fingerprint density at radius 3 is 2.70 bits per heavy atom. The largest absolute Gasteiger partial charge is 0.302 e. The van der Waals surface area contributed by atoms with E-state index in [1.807, 2.05) is 36.6 Å². The maximum Gasteiger partial charge on any atom is 0.302 e. The van der Waals surface area contributed by atoms with Gasteiger partial charge in [-0.2, -0.15) is 8.42 Å². The van der Waals surface area contributed by atoms with Crippen molar-refractivity contribution in [2.75, 3.05) is 17.2 Å². The number of aryl methyl sites for hydroxylation is 1. The lowest BCUT2D eigenvalue weighted by Crippen LogP contribution is -2.25. The Hall–Kier alpha value is -1.80. The summed E-state index contributed by atoms with van der Waals surface area (Å²) in [6.07, 6.45) is 0.0304. The molecule has 122 valence electrons. The highest BCUT2D eigenvalue weighted by Crippen LogP contribution is 2.32. The molecule has 3 rings (SSSR count). The fourth-order valence-electron chi connectivity index (χ4n) is 2.60. The molecule has 1 aliphatic rings. The summed E-state index contributed by atoms with van der Waals surface area (Å²) in [7, 11) is -4.57. The number of carbonyl (C=O) groups is 1. The quantitative estimate of drug-likeness (QED) is 0.792. The van der Waals surface area contributed by atoms with E-state index in [9.17, 15) is 17.1 Å². The minimum absolute atomic E-state index is 0.0304. The second kappa shape index (κ2) is 6.01. The second-order valence-electron chi connectivity index (χ2n) is 5.66. The summed E-state index contributed by atoms with van der Waals surface area (Å²) >= 11 is 1.32. The molecule has 0 N–H and O–H groups in total. The van der Waals surface area contributed by atoms with Crippen LogP contribution in [0, 0.1) is 12.8 Å². The molecule has 8 heteroatoms. The van der Waals surface area contributed by atoms with Crippen LogP contribution in [-0.2, 0) is 15.0 Å². The predicted molar refractivity (Wildman–Crippen MR) is 87.6 cm³/mol. The second-order valence-corrected chi connectivity index (χ2v) is 7.91. The van der Waals surface area contributed by atoms with E-state index in [1.54, 1.807) is 0 Å². The molecule has 1 aromatic carbocycles. The number of carbonyl (C=O) groups excluding carboxylic acids is 1. The monoisotopic (exact) mass is 354 g/mol. The molecule has 0 aliphatic carbocycles. The van der Waals surface area contributed by atoms with Crippen LogP contribution in [0.5, 0.6) is 0 Å². The van der Waals surface area contributed by atoms with Crippen molar-refractivity contribution in [1.29, 1.82) is 0 Å². The van der Waals surface area contributed by atoms with Gasteiger partial charge in [-0.25, -0.2) is 4.98 Å². The number of hydrogen-bond acceptors (Lipinski definition) is 5. The molecule has 0 saturated carbocycles. The highest BCUT2D eigenvalue weighted by molar-refractivity contribution is 7.86. The molecule has 1 amide bonds. The van der Waals surface area contributed by atoms with Gasteiger partial charge in [-0.3, -0.25) is 9.69 Å². The summed E-state index contributed by atoms with van der Waals surface area (Å²) in [5.74, 6) is -1.36. The van der Waals surface area contributed by atoms with Crippen molar-refractivity contribution >= 4 is 32.6 Å². The van der Waals surface area contributed by atoms with Crippen molar-refractivity contribution in [2.24, 2.45) is 5.92 Å². The van der Waals surface area contributed by atoms with E-state index in [-0.39, 0.29) is 18.9 Å². The van der Waals surface area contributed by atoms with E-state index in [0.717, 1.165) is 16.8 Å². The van der Waals surface area contributed by atoms with Crippen molar-refractivity contribution in [2.45, 2.75) is 13.3 Å². The molecule has 1 aliphatic heterocycles. The summed E-state index contributed by atoms with van der Waals surface area (Å²) < 4.78 is 34.3. The van der Waals surface area contributed by atoms with Crippen molar-refractivity contribution in [3.05, 3.63) is 35.2 Å². The number of halogens is 1. The van der Waals surface area contributed by atoms with E-state index in [0.29, 0.717) is 5.13 Å². The predicted octanol–water partition coefficient (Wildman–Crippen LogP) is 2.77. The third-order valence-electron chi connectivity index (χ3n) is 3.71. The molecular formula is C15H15FN2O3S2. The molecule has 5 nitrogen and oxygen atoms in total. The fraction of sp³-hybridized carbons (Fsp3) is 0.333. The molecule has 1 saturated heterocycles. The molecule has 0 radical (unpaired) electrons. The molecular weight excluding hydrogens is 339 g/mol. The molecule has 0 spiro atoms. The minimum Gasteiger partial charge on any atom is -0.288 e. The average molecular weight is 354 g/mol. The van der Waals surface area contributed by atoms with Gasteiger partial charge in [0.1, 0.15) is 0 Å². The fourth-order valence-corrected chi connectivity index (χ4v) is 4.25. The van der Waals surface area contributed by atoms with Crippen LogP contribution >= 0.6 is 11.3 Å². The summed E-state index contributed by atoms with van der Waals surface area (Å²) in [5.41, 5.74) is 2.86. The molecule has 2 heterocycles. The topological polar surface area (TPSA) is 67.3 Å². The molecule has 1 atom stereocenters. The number of benzene rings is 1. The van der Waals surface area contributed by atoms with Crippen LogP contribution in [0.25, 0.3) is 11.3 Å². The number of aromatic nitrogens is 1. The van der Waals surface area contributed by atoms with E-state index < -0.39 is 21.9 Å². The Kier molecular flexibility index (Phi) is 4.20. The SMILES string of the molecule is Cc1ccc(-c2csc(N3CC(CS(=O)(=O)F)CC3=O)n2)cc1. The molecule has 1 fully saturated rings. The zero-order chi connectivity index (χ0) is 16.6. The first-order valence-corrected chi connectivity index (χ1v) is 9.50. The minimum atomic E-state index is -4.57. The Morgan fingerprint density at radius 2 is 2.04 bits per heavy atom. The van der Waals surface area contributed by atoms with Gasteiger partial charge in [0, 0.05) is 29.8 Å². The van der Waals surface area contributed by atoms with Crippen LogP contribution < -0.4 is 4.90 Å². The lowest BCUT2D eigenvalue weighted by Gasteiger charge is -2.12. The maximum absolute atomic E-state index is 12.8. The van der Waals surface area contributed by atoms with Gasteiger partial charge in [-0.1, -0.05) is 29.8 Å². The zero-order valence-electron chi connectivity index (χ0n) is 12.4. The van der Waals surface area contributed by atoms with Crippen LogP contribution in [-0.4, -0.2) is 31.6 Å². The van der Waals surface area contributed by atoms with Gasteiger partial charge in [0.15, 0.2) is 5.13 Å². The van der Waals surface area contributed by atoms with E-state index >= 15 is 0 Å². The molecule has 2 aromatic rings. The standard InChI is InChI=1S/C15H15FN2O3S2/c1-10-2-4-12(5-3-10)13-8-22-15(17-13)18-7-11(6-14(18)19)9-23(16,20)21/h2-5,8,11H,6-7,9H2,1H3. The Balaban J connectivity index is 1.78. The number of rotatable bonds is 4. The smallest absolute Gasteiger partial charge is 0.288 e. The highest BCUT2D eigenvalue weighted by Gasteiger charge is 2.35. The number of nitrogens with zero attached hydrogens (tertiary/aromatic N) is 2.